The fourth-order valence-electron chi connectivity index (χ4n) is 1.82. The van der Waals surface area contributed by atoms with Gasteiger partial charge in [0.15, 0.2) is 0 Å². The van der Waals surface area contributed by atoms with Crippen LogP contribution >= 0.6 is 0 Å². The lowest BCUT2D eigenvalue weighted by Gasteiger charge is -2.23. The fourth-order valence-corrected chi connectivity index (χ4v) is 3.31. The number of hydrogen-bond donors (Lipinski definition) is 1. The van der Waals surface area contributed by atoms with Crippen LogP contribution in [0.5, 0.6) is 0 Å². The standard InChI is InChI=1S/C11H23NO4S/c1-15-7-8-16-6-2-5-12-11-3-9-17(13,14)10-4-11/h11-12H,2-10H2,1H3. The van der Waals surface area contributed by atoms with E-state index in [0.29, 0.717) is 30.8 Å². The average Bonchev–Trinajstić information content (AvgIpc) is 2.30. The van der Waals surface area contributed by atoms with E-state index in [-0.39, 0.29) is 0 Å². The molecule has 6 heteroatoms. The van der Waals surface area contributed by atoms with E-state index < -0.39 is 9.84 Å². The molecular formula is C11H23NO4S. The molecule has 0 spiro atoms. The summed E-state index contributed by atoms with van der Waals surface area (Å²) in [5.74, 6) is 0.657. The highest BCUT2D eigenvalue weighted by Gasteiger charge is 2.22. The Morgan fingerprint density at radius 2 is 1.88 bits per heavy atom. The second kappa shape index (κ2) is 8.02. The zero-order valence-electron chi connectivity index (χ0n) is 10.5. The minimum absolute atomic E-state index is 0.328. The van der Waals surface area contributed by atoms with Gasteiger partial charge in [-0.1, -0.05) is 0 Å². The van der Waals surface area contributed by atoms with E-state index in [2.05, 4.69) is 5.32 Å². The van der Waals surface area contributed by atoms with E-state index in [9.17, 15) is 8.42 Å². The number of sulfone groups is 1. The Kier molecular flexibility index (Phi) is 7.03. The van der Waals surface area contributed by atoms with Gasteiger partial charge in [0.2, 0.25) is 0 Å². The highest BCUT2D eigenvalue weighted by molar-refractivity contribution is 7.91. The lowest BCUT2D eigenvalue weighted by Crippen LogP contribution is -2.38. The van der Waals surface area contributed by atoms with Gasteiger partial charge in [-0.05, 0) is 25.8 Å². The summed E-state index contributed by atoms with van der Waals surface area (Å²) in [6.07, 6.45) is 2.44. The van der Waals surface area contributed by atoms with Crippen LogP contribution in [0.4, 0.5) is 0 Å². The van der Waals surface area contributed by atoms with Crippen LogP contribution in [0.1, 0.15) is 19.3 Å². The Morgan fingerprint density at radius 1 is 1.18 bits per heavy atom. The van der Waals surface area contributed by atoms with Gasteiger partial charge < -0.3 is 14.8 Å². The van der Waals surface area contributed by atoms with Crippen LogP contribution in [0.15, 0.2) is 0 Å². The first-order valence-corrected chi connectivity index (χ1v) is 7.97. The summed E-state index contributed by atoms with van der Waals surface area (Å²) < 4.78 is 32.6. The van der Waals surface area contributed by atoms with Crippen molar-refractivity contribution in [3.63, 3.8) is 0 Å². The zero-order valence-corrected chi connectivity index (χ0v) is 11.3. The van der Waals surface area contributed by atoms with Crippen LogP contribution < -0.4 is 5.32 Å². The van der Waals surface area contributed by atoms with Gasteiger partial charge in [-0.15, -0.1) is 0 Å². The minimum atomic E-state index is -2.74. The molecule has 1 fully saturated rings. The second-order valence-corrected chi connectivity index (χ2v) is 6.64. The lowest BCUT2D eigenvalue weighted by atomic mass is 10.1. The topological polar surface area (TPSA) is 64.6 Å². The molecule has 1 rings (SSSR count). The van der Waals surface area contributed by atoms with Crippen LogP contribution in [-0.4, -0.2) is 59.4 Å². The van der Waals surface area contributed by atoms with Gasteiger partial charge in [-0.3, -0.25) is 0 Å². The monoisotopic (exact) mass is 265 g/mol. The molecule has 17 heavy (non-hydrogen) atoms. The van der Waals surface area contributed by atoms with Crippen LogP contribution in [0, 0.1) is 0 Å². The third-order valence-corrected chi connectivity index (χ3v) is 4.60. The van der Waals surface area contributed by atoms with Crippen molar-refractivity contribution in [2.24, 2.45) is 0 Å². The zero-order chi connectivity index (χ0) is 12.6. The molecule has 102 valence electrons. The maximum absolute atomic E-state index is 11.2. The first-order valence-electron chi connectivity index (χ1n) is 6.14. The lowest BCUT2D eigenvalue weighted by molar-refractivity contribution is 0.0692. The van der Waals surface area contributed by atoms with Crippen molar-refractivity contribution >= 4 is 9.84 Å². The number of nitrogens with one attached hydrogen (secondary N) is 1. The van der Waals surface area contributed by atoms with Gasteiger partial charge in [-0.2, -0.15) is 0 Å². The normalized spacial score (nSPS) is 20.5. The fraction of sp³-hybridized carbons (Fsp3) is 1.00. The Bertz CT molecular complexity index is 278. The summed E-state index contributed by atoms with van der Waals surface area (Å²) in [5, 5.41) is 3.37. The maximum Gasteiger partial charge on any atom is 0.150 e. The molecule has 0 aromatic rings. The van der Waals surface area contributed by atoms with Crippen molar-refractivity contribution in [2.45, 2.75) is 25.3 Å². The third kappa shape index (κ3) is 6.98. The van der Waals surface area contributed by atoms with Crippen LogP contribution in [0.25, 0.3) is 0 Å². The van der Waals surface area contributed by atoms with E-state index in [1.165, 1.54) is 0 Å². The van der Waals surface area contributed by atoms with Gasteiger partial charge in [-0.25, -0.2) is 8.42 Å². The minimum Gasteiger partial charge on any atom is -0.382 e. The molecule has 1 aliphatic rings. The summed E-state index contributed by atoms with van der Waals surface area (Å²) in [6, 6.07) is 0.359. The van der Waals surface area contributed by atoms with Crippen molar-refractivity contribution in [2.75, 3.05) is 45.0 Å². The number of hydrogen-bond acceptors (Lipinski definition) is 5. The highest BCUT2D eigenvalue weighted by atomic mass is 32.2. The summed E-state index contributed by atoms with van der Waals surface area (Å²) >= 11 is 0. The van der Waals surface area contributed by atoms with Gasteiger partial charge in [0.25, 0.3) is 0 Å². The van der Waals surface area contributed by atoms with Gasteiger partial charge in [0.05, 0.1) is 24.7 Å². The predicted octanol–water partition coefficient (Wildman–Crippen LogP) is 0.206. The van der Waals surface area contributed by atoms with Crippen molar-refractivity contribution in [3.05, 3.63) is 0 Å². The molecular weight excluding hydrogens is 242 g/mol. The molecule has 1 heterocycles. The molecule has 0 amide bonds. The summed E-state index contributed by atoms with van der Waals surface area (Å²) in [4.78, 5) is 0. The van der Waals surface area contributed by atoms with Crippen molar-refractivity contribution in [1.29, 1.82) is 0 Å². The molecule has 0 saturated carbocycles. The summed E-state index contributed by atoms with van der Waals surface area (Å²) in [5.41, 5.74) is 0. The molecule has 0 atom stereocenters. The van der Waals surface area contributed by atoms with Gasteiger partial charge >= 0.3 is 0 Å². The van der Waals surface area contributed by atoms with E-state index >= 15 is 0 Å². The Morgan fingerprint density at radius 3 is 2.53 bits per heavy atom. The van der Waals surface area contributed by atoms with Crippen LogP contribution in [-0.2, 0) is 19.3 Å². The summed E-state index contributed by atoms with van der Waals surface area (Å²) in [6.45, 7) is 2.88. The first kappa shape index (κ1) is 14.9. The Balaban J connectivity index is 1.94. The summed E-state index contributed by atoms with van der Waals surface area (Å²) in [7, 11) is -1.08. The van der Waals surface area contributed by atoms with Crippen LogP contribution in [0.3, 0.4) is 0 Å². The molecule has 0 bridgehead atoms. The van der Waals surface area contributed by atoms with E-state index in [0.717, 1.165) is 32.4 Å². The largest absolute Gasteiger partial charge is 0.382 e. The molecule has 5 nitrogen and oxygen atoms in total. The molecule has 0 aromatic carbocycles. The molecule has 1 aliphatic heterocycles. The molecule has 0 unspecified atom stereocenters. The first-order chi connectivity index (χ1) is 8.14. The average molecular weight is 265 g/mol. The van der Waals surface area contributed by atoms with E-state index in [1.54, 1.807) is 7.11 Å². The molecule has 1 N–H and O–H groups in total. The number of methoxy groups -OCH3 is 1. The third-order valence-electron chi connectivity index (χ3n) is 2.88. The van der Waals surface area contributed by atoms with Crippen molar-refractivity contribution < 1.29 is 17.9 Å². The quantitative estimate of drug-likeness (QED) is 0.635. The molecule has 0 aromatic heterocycles. The Hall–Kier alpha value is -0.170. The predicted molar refractivity (Wildman–Crippen MR) is 67.0 cm³/mol. The smallest absolute Gasteiger partial charge is 0.150 e. The van der Waals surface area contributed by atoms with Crippen molar-refractivity contribution in [1.82, 2.24) is 5.32 Å². The van der Waals surface area contributed by atoms with E-state index in [4.69, 9.17) is 9.47 Å². The number of rotatable bonds is 8. The Labute approximate surface area is 104 Å². The maximum atomic E-state index is 11.2. The van der Waals surface area contributed by atoms with Gasteiger partial charge in [0, 0.05) is 19.8 Å². The van der Waals surface area contributed by atoms with E-state index in [1.807, 2.05) is 0 Å². The van der Waals surface area contributed by atoms with Crippen LogP contribution in [0.2, 0.25) is 0 Å². The van der Waals surface area contributed by atoms with Gasteiger partial charge in [0.1, 0.15) is 9.84 Å². The SMILES string of the molecule is COCCOCCCNC1CCS(=O)(=O)CC1. The highest BCUT2D eigenvalue weighted by Crippen LogP contribution is 2.11. The number of ether oxygens (including phenoxy) is 2. The van der Waals surface area contributed by atoms with Crippen molar-refractivity contribution in [3.8, 4) is 0 Å². The molecule has 0 aliphatic carbocycles. The second-order valence-electron chi connectivity index (χ2n) is 4.34. The molecule has 0 radical (unpaired) electrons. The molecule has 1 saturated heterocycles.